The molecule has 0 saturated heterocycles. The first-order valence-electron chi connectivity index (χ1n) is 5.85. The van der Waals surface area contributed by atoms with E-state index in [1.165, 1.54) is 0 Å². The lowest BCUT2D eigenvalue weighted by Crippen LogP contribution is -2.05. The lowest BCUT2D eigenvalue weighted by atomic mass is 10.1. The molecule has 1 N–H and O–H groups in total. The molecule has 0 spiro atoms. The van der Waals surface area contributed by atoms with Crippen molar-refractivity contribution in [3.63, 3.8) is 0 Å². The zero-order valence-electron chi connectivity index (χ0n) is 10.1. The smallest absolute Gasteiger partial charge is 0.133 e. The number of hydrogen-bond donors (Lipinski definition) is 1. The fraction of sp³-hybridized carbons (Fsp3) is 0.308. The summed E-state index contributed by atoms with van der Waals surface area (Å²) >= 11 is 0. The molecule has 0 aromatic carbocycles. The zero-order valence-corrected chi connectivity index (χ0v) is 10.1. The maximum atomic E-state index is 4.37. The highest BCUT2D eigenvalue weighted by Gasteiger charge is 2.10. The first-order chi connectivity index (χ1) is 8.36. The van der Waals surface area contributed by atoms with E-state index < -0.39 is 0 Å². The molecule has 0 fully saturated rings. The average molecular weight is 228 g/mol. The Bertz CT molecular complexity index is 482. The molecule has 2 aromatic heterocycles. The highest BCUT2D eigenvalue weighted by atomic mass is 15.0. The van der Waals surface area contributed by atoms with Crippen LogP contribution in [0, 0.1) is 0 Å². The van der Waals surface area contributed by atoms with Crippen molar-refractivity contribution in [3.05, 3.63) is 36.4 Å². The van der Waals surface area contributed by atoms with Crippen molar-refractivity contribution >= 4 is 5.82 Å². The van der Waals surface area contributed by atoms with E-state index in [2.05, 4.69) is 34.1 Å². The number of nitrogens with zero attached hydrogens (tertiary/aromatic N) is 3. The summed E-state index contributed by atoms with van der Waals surface area (Å²) in [4.78, 5) is 12.8. The summed E-state index contributed by atoms with van der Waals surface area (Å²) in [6.45, 7) is 5.03. The molecule has 0 aliphatic rings. The van der Waals surface area contributed by atoms with Gasteiger partial charge in [0.05, 0.1) is 5.69 Å². The van der Waals surface area contributed by atoms with E-state index in [0.717, 1.165) is 35.6 Å². The Labute approximate surface area is 101 Å². The lowest BCUT2D eigenvalue weighted by molar-refractivity contribution is 1.03. The van der Waals surface area contributed by atoms with Gasteiger partial charge in [0.15, 0.2) is 0 Å². The summed E-state index contributed by atoms with van der Waals surface area (Å²) < 4.78 is 0. The highest BCUT2D eigenvalue weighted by Crippen LogP contribution is 2.25. The second-order valence-electron chi connectivity index (χ2n) is 3.68. The molecule has 0 aliphatic carbocycles. The molecule has 0 bridgehead atoms. The Morgan fingerprint density at radius 2 is 2.12 bits per heavy atom. The van der Waals surface area contributed by atoms with Gasteiger partial charge in [0, 0.05) is 30.1 Å². The molecule has 17 heavy (non-hydrogen) atoms. The topological polar surface area (TPSA) is 50.7 Å². The molecule has 88 valence electrons. The summed E-state index contributed by atoms with van der Waals surface area (Å²) in [6, 6.07) is 3.94. The largest absolute Gasteiger partial charge is 0.370 e. The molecule has 2 heterocycles. The third-order valence-corrected chi connectivity index (χ3v) is 2.58. The van der Waals surface area contributed by atoms with Gasteiger partial charge in [-0.1, -0.05) is 6.92 Å². The van der Waals surface area contributed by atoms with Gasteiger partial charge in [0.1, 0.15) is 12.1 Å². The molecule has 0 atom stereocenters. The van der Waals surface area contributed by atoms with Crippen LogP contribution in [0.2, 0.25) is 0 Å². The molecule has 0 amide bonds. The molecule has 2 rings (SSSR count). The van der Waals surface area contributed by atoms with E-state index in [9.17, 15) is 0 Å². The minimum atomic E-state index is 0.858. The van der Waals surface area contributed by atoms with E-state index >= 15 is 0 Å². The molecule has 0 aliphatic heterocycles. The van der Waals surface area contributed by atoms with Gasteiger partial charge in [-0.05, 0) is 25.5 Å². The van der Waals surface area contributed by atoms with Crippen LogP contribution in [0.15, 0.2) is 30.9 Å². The second kappa shape index (κ2) is 5.39. The van der Waals surface area contributed by atoms with Crippen molar-refractivity contribution in [1.82, 2.24) is 15.0 Å². The summed E-state index contributed by atoms with van der Waals surface area (Å²) in [7, 11) is 0. The number of hydrogen-bond acceptors (Lipinski definition) is 4. The normalized spacial score (nSPS) is 10.2. The first-order valence-corrected chi connectivity index (χ1v) is 5.85. The zero-order chi connectivity index (χ0) is 12.1. The van der Waals surface area contributed by atoms with Crippen molar-refractivity contribution in [2.24, 2.45) is 0 Å². The van der Waals surface area contributed by atoms with Crippen molar-refractivity contribution < 1.29 is 0 Å². The van der Waals surface area contributed by atoms with Crippen LogP contribution in [-0.2, 0) is 6.42 Å². The van der Waals surface area contributed by atoms with E-state index in [0.29, 0.717) is 0 Å². The van der Waals surface area contributed by atoms with Crippen molar-refractivity contribution in [2.75, 3.05) is 11.9 Å². The predicted octanol–water partition coefficient (Wildman–Crippen LogP) is 2.53. The SMILES string of the molecule is CCNc1ncnc(-c2cccnc2)c1CC. The van der Waals surface area contributed by atoms with Crippen molar-refractivity contribution in [1.29, 1.82) is 0 Å². The maximum absolute atomic E-state index is 4.37. The lowest BCUT2D eigenvalue weighted by Gasteiger charge is -2.11. The third kappa shape index (κ3) is 2.41. The van der Waals surface area contributed by atoms with Gasteiger partial charge in [-0.2, -0.15) is 0 Å². The number of anilines is 1. The minimum absolute atomic E-state index is 0.858. The summed E-state index contributed by atoms with van der Waals surface area (Å²) in [6.07, 6.45) is 6.09. The Balaban J connectivity index is 2.50. The Morgan fingerprint density at radius 3 is 2.76 bits per heavy atom. The van der Waals surface area contributed by atoms with Crippen LogP contribution in [0.4, 0.5) is 5.82 Å². The Hall–Kier alpha value is -1.97. The van der Waals surface area contributed by atoms with Crippen LogP contribution in [0.5, 0.6) is 0 Å². The molecule has 0 radical (unpaired) electrons. The van der Waals surface area contributed by atoms with Gasteiger partial charge in [-0.3, -0.25) is 4.98 Å². The fourth-order valence-electron chi connectivity index (χ4n) is 1.82. The molecule has 4 nitrogen and oxygen atoms in total. The average Bonchev–Trinajstić information content (AvgIpc) is 2.40. The quantitative estimate of drug-likeness (QED) is 0.873. The predicted molar refractivity (Wildman–Crippen MR) is 68.8 cm³/mol. The van der Waals surface area contributed by atoms with Gasteiger partial charge < -0.3 is 5.32 Å². The number of nitrogens with one attached hydrogen (secondary N) is 1. The number of pyridine rings is 1. The second-order valence-corrected chi connectivity index (χ2v) is 3.68. The van der Waals surface area contributed by atoms with Crippen molar-refractivity contribution in [3.8, 4) is 11.3 Å². The first kappa shape index (κ1) is 11.5. The summed E-state index contributed by atoms with van der Waals surface area (Å²) in [5, 5.41) is 3.27. The summed E-state index contributed by atoms with van der Waals surface area (Å²) in [5.74, 6) is 0.920. The molecule has 2 aromatic rings. The molecular formula is C13H16N4. The van der Waals surface area contributed by atoms with E-state index in [1.807, 2.05) is 18.3 Å². The molecule has 0 saturated carbocycles. The van der Waals surface area contributed by atoms with Gasteiger partial charge >= 0.3 is 0 Å². The van der Waals surface area contributed by atoms with Crippen LogP contribution in [0.25, 0.3) is 11.3 Å². The summed E-state index contributed by atoms with van der Waals surface area (Å²) in [5.41, 5.74) is 3.14. The van der Waals surface area contributed by atoms with Gasteiger partial charge in [0.2, 0.25) is 0 Å². The van der Waals surface area contributed by atoms with Gasteiger partial charge in [0.25, 0.3) is 0 Å². The van der Waals surface area contributed by atoms with Crippen LogP contribution >= 0.6 is 0 Å². The monoisotopic (exact) mass is 228 g/mol. The van der Waals surface area contributed by atoms with Gasteiger partial charge in [-0.15, -0.1) is 0 Å². The molecular weight excluding hydrogens is 212 g/mol. The number of rotatable bonds is 4. The molecule has 4 heteroatoms. The third-order valence-electron chi connectivity index (χ3n) is 2.58. The number of aromatic nitrogens is 3. The van der Waals surface area contributed by atoms with Crippen LogP contribution < -0.4 is 5.32 Å². The Morgan fingerprint density at radius 1 is 1.24 bits per heavy atom. The van der Waals surface area contributed by atoms with E-state index in [1.54, 1.807) is 12.5 Å². The fourth-order valence-corrected chi connectivity index (χ4v) is 1.82. The van der Waals surface area contributed by atoms with Crippen molar-refractivity contribution in [2.45, 2.75) is 20.3 Å². The standard InChI is InChI=1S/C13H16N4/c1-3-11-12(10-6-5-7-14-8-10)16-9-17-13(11)15-4-2/h5-9H,3-4H2,1-2H3,(H,15,16,17). The highest BCUT2D eigenvalue weighted by molar-refractivity contribution is 5.67. The van der Waals surface area contributed by atoms with Crippen LogP contribution in [0.3, 0.4) is 0 Å². The Kier molecular flexibility index (Phi) is 3.65. The van der Waals surface area contributed by atoms with E-state index in [-0.39, 0.29) is 0 Å². The van der Waals surface area contributed by atoms with Gasteiger partial charge in [-0.25, -0.2) is 9.97 Å². The van der Waals surface area contributed by atoms with Crippen LogP contribution in [0.1, 0.15) is 19.4 Å². The molecule has 0 unspecified atom stereocenters. The minimum Gasteiger partial charge on any atom is -0.370 e. The van der Waals surface area contributed by atoms with Crippen LogP contribution in [-0.4, -0.2) is 21.5 Å². The maximum Gasteiger partial charge on any atom is 0.133 e. The van der Waals surface area contributed by atoms with E-state index in [4.69, 9.17) is 0 Å².